The van der Waals surface area contributed by atoms with Gasteiger partial charge in [0.25, 0.3) is 0 Å². The average Bonchev–Trinajstić information content (AvgIpc) is 2.57. The summed E-state index contributed by atoms with van der Waals surface area (Å²) in [4.78, 5) is 14.0. The number of rotatable bonds is 6. The van der Waals surface area contributed by atoms with E-state index >= 15 is 0 Å². The molecule has 2 atom stereocenters. The number of methoxy groups -OCH3 is 2. The van der Waals surface area contributed by atoms with Crippen molar-refractivity contribution < 1.29 is 19.0 Å². The number of benzene rings is 1. The fraction of sp³-hybridized carbons (Fsp3) is 0.611. The van der Waals surface area contributed by atoms with Crippen LogP contribution in [0.4, 0.5) is 4.79 Å². The van der Waals surface area contributed by atoms with E-state index in [1.54, 1.807) is 14.2 Å². The molecule has 1 aromatic carbocycles. The van der Waals surface area contributed by atoms with Gasteiger partial charge in [-0.3, -0.25) is 0 Å². The van der Waals surface area contributed by atoms with Crippen LogP contribution < -0.4 is 14.8 Å². The van der Waals surface area contributed by atoms with Gasteiger partial charge in [0.1, 0.15) is 0 Å². The average molecular weight is 336 g/mol. The minimum atomic E-state index is -0.00990. The minimum Gasteiger partial charge on any atom is -0.493 e. The summed E-state index contributed by atoms with van der Waals surface area (Å²) >= 11 is 0. The number of carbonyl (C=O) groups is 1. The standard InChI is InChI=1S/C18H28N2O4/c1-13-11-20(12-14(2)24-13)18(21)19-9-5-6-15-7-8-16(22-3)17(10-15)23-4/h7-8,10,13-14H,5-6,9,11-12H2,1-4H3,(H,19,21)/t13-,14+. The van der Waals surface area contributed by atoms with Gasteiger partial charge in [0.15, 0.2) is 11.5 Å². The largest absolute Gasteiger partial charge is 0.493 e. The van der Waals surface area contributed by atoms with Gasteiger partial charge in [-0.05, 0) is 44.4 Å². The molecule has 1 aliphatic heterocycles. The second-order valence-electron chi connectivity index (χ2n) is 6.19. The van der Waals surface area contributed by atoms with Crippen LogP contribution in [-0.4, -0.2) is 57.0 Å². The Morgan fingerprint density at radius 1 is 1.21 bits per heavy atom. The first kappa shape index (κ1) is 18.4. The van der Waals surface area contributed by atoms with Crippen LogP contribution in [0.3, 0.4) is 0 Å². The highest BCUT2D eigenvalue weighted by molar-refractivity contribution is 5.74. The Kier molecular flexibility index (Phi) is 6.73. The van der Waals surface area contributed by atoms with E-state index in [4.69, 9.17) is 14.2 Å². The lowest BCUT2D eigenvalue weighted by Gasteiger charge is -2.35. The Morgan fingerprint density at radius 3 is 2.50 bits per heavy atom. The van der Waals surface area contributed by atoms with E-state index < -0.39 is 0 Å². The summed E-state index contributed by atoms with van der Waals surface area (Å²) in [5, 5.41) is 2.99. The van der Waals surface area contributed by atoms with Gasteiger partial charge in [-0.15, -0.1) is 0 Å². The summed E-state index contributed by atoms with van der Waals surface area (Å²) in [6.45, 7) is 5.92. The molecule has 24 heavy (non-hydrogen) atoms. The van der Waals surface area contributed by atoms with Crippen molar-refractivity contribution in [2.24, 2.45) is 0 Å². The first-order chi connectivity index (χ1) is 11.5. The molecule has 6 heteroatoms. The third kappa shape index (κ3) is 5.03. The van der Waals surface area contributed by atoms with Crippen LogP contribution in [0.1, 0.15) is 25.8 Å². The summed E-state index contributed by atoms with van der Waals surface area (Å²) in [5.41, 5.74) is 1.16. The van der Waals surface area contributed by atoms with Gasteiger partial charge in [0, 0.05) is 19.6 Å². The molecule has 6 nitrogen and oxygen atoms in total. The van der Waals surface area contributed by atoms with Gasteiger partial charge in [0.05, 0.1) is 26.4 Å². The lowest BCUT2D eigenvalue weighted by molar-refractivity contribution is -0.0545. The highest BCUT2D eigenvalue weighted by Crippen LogP contribution is 2.27. The fourth-order valence-corrected chi connectivity index (χ4v) is 2.98. The number of nitrogens with one attached hydrogen (secondary N) is 1. The zero-order valence-corrected chi connectivity index (χ0v) is 15.0. The summed E-state index contributed by atoms with van der Waals surface area (Å²) in [6, 6.07) is 5.90. The van der Waals surface area contributed by atoms with Gasteiger partial charge < -0.3 is 24.4 Å². The number of nitrogens with zero attached hydrogens (tertiary/aromatic N) is 1. The molecule has 0 unspecified atom stereocenters. The normalized spacial score (nSPS) is 20.6. The highest BCUT2D eigenvalue weighted by Gasteiger charge is 2.25. The number of amides is 2. The van der Waals surface area contributed by atoms with E-state index in [1.165, 1.54) is 0 Å². The van der Waals surface area contributed by atoms with Gasteiger partial charge in [-0.2, -0.15) is 0 Å². The predicted octanol–water partition coefficient (Wildman–Crippen LogP) is 2.46. The first-order valence-corrected chi connectivity index (χ1v) is 8.42. The van der Waals surface area contributed by atoms with Crippen LogP contribution in [0, 0.1) is 0 Å². The number of hydrogen-bond acceptors (Lipinski definition) is 4. The van der Waals surface area contributed by atoms with Gasteiger partial charge >= 0.3 is 6.03 Å². The van der Waals surface area contributed by atoms with Crippen molar-refractivity contribution >= 4 is 6.03 Å². The van der Waals surface area contributed by atoms with E-state index in [0.29, 0.717) is 19.6 Å². The monoisotopic (exact) mass is 336 g/mol. The molecular weight excluding hydrogens is 308 g/mol. The third-order valence-corrected chi connectivity index (χ3v) is 4.07. The Balaban J connectivity index is 1.75. The number of morpholine rings is 1. The van der Waals surface area contributed by atoms with Crippen molar-refractivity contribution in [3.05, 3.63) is 23.8 Å². The van der Waals surface area contributed by atoms with Crippen molar-refractivity contribution in [3.8, 4) is 11.5 Å². The van der Waals surface area contributed by atoms with Crippen LogP contribution in [0.25, 0.3) is 0 Å². The van der Waals surface area contributed by atoms with E-state index in [2.05, 4.69) is 5.32 Å². The SMILES string of the molecule is COc1ccc(CCCNC(=O)N2C[C@@H](C)O[C@@H](C)C2)cc1OC. The maximum Gasteiger partial charge on any atom is 0.317 e. The molecule has 1 heterocycles. The van der Waals surface area contributed by atoms with Crippen molar-refractivity contribution in [1.29, 1.82) is 0 Å². The molecule has 2 rings (SSSR count). The van der Waals surface area contributed by atoms with E-state index in [-0.39, 0.29) is 18.2 Å². The zero-order chi connectivity index (χ0) is 17.5. The second kappa shape index (κ2) is 8.78. The number of aryl methyl sites for hydroxylation is 1. The number of hydrogen-bond donors (Lipinski definition) is 1. The summed E-state index contributed by atoms with van der Waals surface area (Å²) in [6.07, 6.45) is 1.92. The molecule has 1 aromatic rings. The molecule has 1 N–H and O–H groups in total. The van der Waals surface area contributed by atoms with Crippen LogP contribution in [-0.2, 0) is 11.2 Å². The van der Waals surface area contributed by atoms with Crippen LogP contribution in [0.5, 0.6) is 11.5 Å². The molecule has 0 bridgehead atoms. The summed E-state index contributed by atoms with van der Waals surface area (Å²) < 4.78 is 16.2. The minimum absolute atomic E-state index is 0.00990. The molecule has 2 amide bonds. The van der Waals surface area contributed by atoms with Gasteiger partial charge in [-0.1, -0.05) is 6.07 Å². The zero-order valence-electron chi connectivity index (χ0n) is 15.0. The highest BCUT2D eigenvalue weighted by atomic mass is 16.5. The maximum atomic E-state index is 12.2. The van der Waals surface area contributed by atoms with Crippen LogP contribution in [0.2, 0.25) is 0 Å². The molecule has 0 saturated carbocycles. The molecule has 0 aliphatic carbocycles. The number of carbonyl (C=O) groups excluding carboxylic acids is 1. The maximum absolute atomic E-state index is 12.2. The van der Waals surface area contributed by atoms with Crippen molar-refractivity contribution in [3.63, 3.8) is 0 Å². The molecule has 1 aliphatic rings. The van der Waals surface area contributed by atoms with Crippen molar-refractivity contribution in [2.45, 2.75) is 38.9 Å². The van der Waals surface area contributed by atoms with Gasteiger partial charge in [-0.25, -0.2) is 4.79 Å². The molecule has 0 aromatic heterocycles. The van der Waals surface area contributed by atoms with Crippen molar-refractivity contribution in [2.75, 3.05) is 33.9 Å². The van der Waals surface area contributed by atoms with Gasteiger partial charge in [0.2, 0.25) is 0 Å². The van der Waals surface area contributed by atoms with E-state index in [9.17, 15) is 4.79 Å². The second-order valence-corrected chi connectivity index (χ2v) is 6.19. The van der Waals surface area contributed by atoms with E-state index in [0.717, 1.165) is 29.9 Å². The smallest absolute Gasteiger partial charge is 0.317 e. The number of urea groups is 1. The Labute approximate surface area is 144 Å². The quantitative estimate of drug-likeness (QED) is 0.811. The van der Waals surface area contributed by atoms with Crippen molar-refractivity contribution in [1.82, 2.24) is 10.2 Å². The Morgan fingerprint density at radius 2 is 1.88 bits per heavy atom. The summed E-state index contributed by atoms with van der Waals surface area (Å²) in [5.74, 6) is 1.46. The molecule has 1 fully saturated rings. The fourth-order valence-electron chi connectivity index (χ4n) is 2.98. The number of ether oxygens (including phenoxy) is 3. The Hall–Kier alpha value is -1.95. The molecule has 134 valence electrons. The first-order valence-electron chi connectivity index (χ1n) is 8.42. The molecule has 1 saturated heterocycles. The van der Waals surface area contributed by atoms with E-state index in [1.807, 2.05) is 36.9 Å². The Bertz CT molecular complexity index is 540. The predicted molar refractivity (Wildman–Crippen MR) is 92.8 cm³/mol. The molecule has 0 radical (unpaired) electrons. The lowest BCUT2D eigenvalue weighted by Crippen LogP contribution is -2.51. The third-order valence-electron chi connectivity index (χ3n) is 4.07. The molecule has 0 spiro atoms. The van der Waals surface area contributed by atoms with Crippen LogP contribution >= 0.6 is 0 Å². The van der Waals surface area contributed by atoms with Crippen LogP contribution in [0.15, 0.2) is 18.2 Å². The topological polar surface area (TPSA) is 60.0 Å². The summed E-state index contributed by atoms with van der Waals surface area (Å²) in [7, 11) is 3.26. The molecular formula is C18H28N2O4. The lowest BCUT2D eigenvalue weighted by atomic mass is 10.1.